The van der Waals surface area contributed by atoms with E-state index in [0.717, 1.165) is 17.5 Å². The lowest BCUT2D eigenvalue weighted by atomic mass is 9.79. The molecule has 0 heterocycles. The summed E-state index contributed by atoms with van der Waals surface area (Å²) >= 11 is 0. The first-order chi connectivity index (χ1) is 6.88. The lowest BCUT2D eigenvalue weighted by Gasteiger charge is -2.25. The standard InChI is InChI=1S/C13H18O2/c1-5-13(3,4)11-7-6-9(2)8-10(11)12(14)15/h6-8H,5H2,1-4H3,(H,14,15). The second kappa shape index (κ2) is 4.05. The second-order valence-electron chi connectivity index (χ2n) is 4.59. The van der Waals surface area contributed by atoms with E-state index in [2.05, 4.69) is 20.8 Å². The van der Waals surface area contributed by atoms with E-state index in [1.807, 2.05) is 19.1 Å². The van der Waals surface area contributed by atoms with Crippen LogP contribution in [-0.4, -0.2) is 11.1 Å². The van der Waals surface area contributed by atoms with Gasteiger partial charge in [-0.15, -0.1) is 0 Å². The Morgan fingerprint density at radius 1 is 1.40 bits per heavy atom. The van der Waals surface area contributed by atoms with Crippen LogP contribution >= 0.6 is 0 Å². The number of aromatic carboxylic acids is 1. The Bertz CT molecular complexity index is 378. The molecule has 15 heavy (non-hydrogen) atoms. The fourth-order valence-corrected chi connectivity index (χ4v) is 1.62. The Balaban J connectivity index is 3.35. The van der Waals surface area contributed by atoms with E-state index in [0.29, 0.717) is 5.56 Å². The zero-order valence-electron chi connectivity index (χ0n) is 9.79. The number of carbonyl (C=O) groups is 1. The molecule has 0 fully saturated rings. The molecule has 0 aliphatic rings. The molecule has 1 rings (SSSR count). The molecule has 0 atom stereocenters. The third-order valence-electron chi connectivity index (χ3n) is 3.02. The minimum Gasteiger partial charge on any atom is -0.478 e. The van der Waals surface area contributed by atoms with Crippen LogP contribution in [0.25, 0.3) is 0 Å². The molecular weight excluding hydrogens is 188 g/mol. The molecule has 1 N–H and O–H groups in total. The summed E-state index contributed by atoms with van der Waals surface area (Å²) in [5.41, 5.74) is 2.26. The van der Waals surface area contributed by atoms with Crippen LogP contribution in [0, 0.1) is 6.92 Å². The van der Waals surface area contributed by atoms with Crippen molar-refractivity contribution >= 4 is 5.97 Å². The van der Waals surface area contributed by atoms with E-state index in [1.54, 1.807) is 6.07 Å². The zero-order chi connectivity index (χ0) is 11.6. The molecule has 2 heteroatoms. The van der Waals surface area contributed by atoms with Crippen LogP contribution < -0.4 is 0 Å². The number of benzene rings is 1. The van der Waals surface area contributed by atoms with E-state index in [-0.39, 0.29) is 5.41 Å². The van der Waals surface area contributed by atoms with E-state index >= 15 is 0 Å². The summed E-state index contributed by atoms with van der Waals surface area (Å²) in [6.07, 6.45) is 0.927. The van der Waals surface area contributed by atoms with Crippen molar-refractivity contribution in [2.45, 2.75) is 39.5 Å². The molecule has 0 saturated heterocycles. The Morgan fingerprint density at radius 2 is 2.00 bits per heavy atom. The van der Waals surface area contributed by atoms with Crippen LogP contribution in [0.4, 0.5) is 0 Å². The molecule has 82 valence electrons. The van der Waals surface area contributed by atoms with Gasteiger partial charge in [0.1, 0.15) is 0 Å². The summed E-state index contributed by atoms with van der Waals surface area (Å²) in [6.45, 7) is 8.13. The van der Waals surface area contributed by atoms with Gasteiger partial charge < -0.3 is 5.11 Å². The van der Waals surface area contributed by atoms with Crippen molar-refractivity contribution in [2.75, 3.05) is 0 Å². The smallest absolute Gasteiger partial charge is 0.335 e. The Labute approximate surface area is 90.9 Å². The average Bonchev–Trinajstić information content (AvgIpc) is 2.17. The maximum atomic E-state index is 11.1. The maximum absolute atomic E-state index is 11.1. The molecule has 0 radical (unpaired) electrons. The van der Waals surface area contributed by atoms with Crippen LogP contribution in [-0.2, 0) is 5.41 Å². The van der Waals surface area contributed by atoms with Gasteiger partial charge in [-0.2, -0.15) is 0 Å². The second-order valence-corrected chi connectivity index (χ2v) is 4.59. The Kier molecular flexibility index (Phi) is 3.18. The van der Waals surface area contributed by atoms with Crippen molar-refractivity contribution in [2.24, 2.45) is 0 Å². The van der Waals surface area contributed by atoms with Gasteiger partial charge in [-0.25, -0.2) is 4.79 Å². The van der Waals surface area contributed by atoms with E-state index < -0.39 is 5.97 Å². The summed E-state index contributed by atoms with van der Waals surface area (Å²) in [5, 5.41) is 9.15. The highest BCUT2D eigenvalue weighted by Gasteiger charge is 2.24. The SMILES string of the molecule is CCC(C)(C)c1ccc(C)cc1C(=O)O. The van der Waals surface area contributed by atoms with Gasteiger partial charge in [-0.05, 0) is 30.4 Å². The molecule has 0 aliphatic heterocycles. The van der Waals surface area contributed by atoms with Crippen LogP contribution in [0.2, 0.25) is 0 Å². The van der Waals surface area contributed by atoms with E-state index in [4.69, 9.17) is 5.11 Å². The molecule has 0 unspecified atom stereocenters. The lowest BCUT2D eigenvalue weighted by Crippen LogP contribution is -2.20. The summed E-state index contributed by atoms with van der Waals surface area (Å²) in [5.74, 6) is -0.838. The summed E-state index contributed by atoms with van der Waals surface area (Å²) in [6, 6.07) is 5.65. The quantitative estimate of drug-likeness (QED) is 0.823. The van der Waals surface area contributed by atoms with Crippen molar-refractivity contribution in [1.29, 1.82) is 0 Å². The molecule has 0 aliphatic carbocycles. The summed E-state index contributed by atoms with van der Waals surface area (Å²) in [4.78, 5) is 11.1. The third kappa shape index (κ3) is 2.38. The number of aryl methyl sites for hydroxylation is 1. The molecular formula is C13H18O2. The van der Waals surface area contributed by atoms with Gasteiger partial charge in [0.25, 0.3) is 0 Å². The molecule has 1 aromatic carbocycles. The topological polar surface area (TPSA) is 37.3 Å². The van der Waals surface area contributed by atoms with E-state index in [9.17, 15) is 4.79 Å². The van der Waals surface area contributed by atoms with Crippen molar-refractivity contribution in [1.82, 2.24) is 0 Å². The number of hydrogen-bond donors (Lipinski definition) is 1. The van der Waals surface area contributed by atoms with Crippen LogP contribution in [0.5, 0.6) is 0 Å². The number of carboxylic acid groups (broad SMARTS) is 1. The van der Waals surface area contributed by atoms with Crippen LogP contribution in [0.3, 0.4) is 0 Å². The van der Waals surface area contributed by atoms with Crippen molar-refractivity contribution in [3.8, 4) is 0 Å². The summed E-state index contributed by atoms with van der Waals surface area (Å²) in [7, 11) is 0. The third-order valence-corrected chi connectivity index (χ3v) is 3.02. The minimum atomic E-state index is -0.838. The fraction of sp³-hybridized carbons (Fsp3) is 0.462. The van der Waals surface area contributed by atoms with E-state index in [1.165, 1.54) is 0 Å². The highest BCUT2D eigenvalue weighted by molar-refractivity contribution is 5.90. The fourth-order valence-electron chi connectivity index (χ4n) is 1.62. The Morgan fingerprint density at radius 3 is 2.47 bits per heavy atom. The largest absolute Gasteiger partial charge is 0.478 e. The molecule has 0 saturated carbocycles. The zero-order valence-corrected chi connectivity index (χ0v) is 9.79. The first-order valence-corrected chi connectivity index (χ1v) is 5.23. The lowest BCUT2D eigenvalue weighted by molar-refractivity contribution is 0.0694. The van der Waals surface area contributed by atoms with Gasteiger partial charge in [-0.3, -0.25) is 0 Å². The van der Waals surface area contributed by atoms with Gasteiger partial charge in [-0.1, -0.05) is 38.5 Å². The molecule has 0 amide bonds. The number of hydrogen-bond acceptors (Lipinski definition) is 1. The van der Waals surface area contributed by atoms with Crippen LogP contribution in [0.15, 0.2) is 18.2 Å². The molecule has 1 aromatic rings. The predicted molar refractivity (Wildman–Crippen MR) is 61.5 cm³/mol. The molecule has 0 bridgehead atoms. The molecule has 0 spiro atoms. The minimum absolute atomic E-state index is 0.0819. The molecule has 0 aromatic heterocycles. The summed E-state index contributed by atoms with van der Waals surface area (Å²) < 4.78 is 0. The number of rotatable bonds is 3. The normalized spacial score (nSPS) is 11.5. The van der Waals surface area contributed by atoms with Gasteiger partial charge in [0.2, 0.25) is 0 Å². The highest BCUT2D eigenvalue weighted by atomic mass is 16.4. The number of carboxylic acids is 1. The average molecular weight is 206 g/mol. The highest BCUT2D eigenvalue weighted by Crippen LogP contribution is 2.30. The predicted octanol–water partition coefficient (Wildman–Crippen LogP) is 3.38. The van der Waals surface area contributed by atoms with Gasteiger partial charge in [0, 0.05) is 0 Å². The van der Waals surface area contributed by atoms with Crippen molar-refractivity contribution < 1.29 is 9.90 Å². The van der Waals surface area contributed by atoms with Gasteiger partial charge >= 0.3 is 5.97 Å². The monoisotopic (exact) mass is 206 g/mol. The van der Waals surface area contributed by atoms with Gasteiger partial charge in [0.05, 0.1) is 5.56 Å². The van der Waals surface area contributed by atoms with Crippen molar-refractivity contribution in [3.05, 3.63) is 34.9 Å². The first kappa shape index (κ1) is 11.8. The van der Waals surface area contributed by atoms with Gasteiger partial charge in [0.15, 0.2) is 0 Å². The molecule has 2 nitrogen and oxygen atoms in total. The van der Waals surface area contributed by atoms with Crippen molar-refractivity contribution in [3.63, 3.8) is 0 Å². The first-order valence-electron chi connectivity index (χ1n) is 5.23. The Hall–Kier alpha value is -1.31. The van der Waals surface area contributed by atoms with Crippen LogP contribution in [0.1, 0.15) is 48.7 Å². The maximum Gasteiger partial charge on any atom is 0.335 e.